The Labute approximate surface area is 229 Å². The van der Waals surface area contributed by atoms with Crippen LogP contribution in [-0.2, 0) is 11.3 Å². The molecule has 0 unspecified atom stereocenters. The topological polar surface area (TPSA) is 66.6 Å². The number of carbonyl (C=O) groups is 1. The van der Waals surface area contributed by atoms with E-state index in [1.165, 1.54) is 5.56 Å². The fourth-order valence-corrected chi connectivity index (χ4v) is 5.64. The maximum absolute atomic E-state index is 13.0. The molecule has 6 rings (SSSR count). The minimum atomic E-state index is -0.436. The molecule has 2 N–H and O–H groups in total. The van der Waals surface area contributed by atoms with Gasteiger partial charge in [-0.1, -0.05) is 30.3 Å². The van der Waals surface area contributed by atoms with Gasteiger partial charge in [-0.3, -0.25) is 9.69 Å². The van der Waals surface area contributed by atoms with Crippen molar-refractivity contribution < 1.29 is 14.3 Å². The summed E-state index contributed by atoms with van der Waals surface area (Å²) in [7, 11) is 1.68. The van der Waals surface area contributed by atoms with Gasteiger partial charge in [-0.25, -0.2) is 0 Å². The second-order valence-electron chi connectivity index (χ2n) is 11.1. The molecule has 0 bridgehead atoms. The first-order valence-electron chi connectivity index (χ1n) is 13.7. The summed E-state index contributed by atoms with van der Waals surface area (Å²) in [4.78, 5) is 19.0. The van der Waals surface area contributed by atoms with Crippen molar-refractivity contribution in [3.8, 4) is 11.5 Å². The first-order chi connectivity index (χ1) is 18.9. The highest BCUT2D eigenvalue weighted by Crippen LogP contribution is 2.42. The highest BCUT2D eigenvalue weighted by Gasteiger charge is 2.26. The van der Waals surface area contributed by atoms with E-state index in [1.807, 2.05) is 44.2 Å². The fraction of sp³-hybridized carbons (Fsp3) is 0.303. The van der Waals surface area contributed by atoms with E-state index in [4.69, 9.17) is 9.47 Å². The van der Waals surface area contributed by atoms with Gasteiger partial charge in [-0.2, -0.15) is 0 Å². The van der Waals surface area contributed by atoms with Crippen molar-refractivity contribution in [1.29, 1.82) is 0 Å². The molecule has 0 aliphatic carbocycles. The molecule has 200 valence electrons. The van der Waals surface area contributed by atoms with Gasteiger partial charge in [0, 0.05) is 59.2 Å². The third kappa shape index (κ3) is 5.30. The number of carbonyl (C=O) groups excluding carboxylic acids is 1. The van der Waals surface area contributed by atoms with Crippen molar-refractivity contribution >= 4 is 39.9 Å². The van der Waals surface area contributed by atoms with Crippen molar-refractivity contribution in [3.05, 3.63) is 83.4 Å². The number of methoxy groups -OCH3 is 1. The Morgan fingerprint density at radius 1 is 1.13 bits per heavy atom. The lowest BCUT2D eigenvalue weighted by molar-refractivity contribution is -0.117. The number of likely N-dealkylation sites (tertiary alicyclic amines) is 1. The number of hydrogen-bond acceptors (Lipinski definition) is 4. The summed E-state index contributed by atoms with van der Waals surface area (Å²) in [6, 6.07) is 18.9. The Balaban J connectivity index is 1.21. The summed E-state index contributed by atoms with van der Waals surface area (Å²) >= 11 is 0. The Bertz CT molecular complexity index is 1570. The van der Waals surface area contributed by atoms with Gasteiger partial charge < -0.3 is 19.8 Å². The number of hydrogen-bond donors (Lipinski definition) is 2. The van der Waals surface area contributed by atoms with Crippen molar-refractivity contribution in [2.75, 3.05) is 20.2 Å². The standard InChI is InChI=1S/C33H35N3O3/c1-33(2)16-13-26-31-28(27-20-25(38-3)10-11-29(27)35-31)19-23(32(26)39-33)9-12-30(37)34-24-14-17-36(18-15-24)21-22-7-5-4-6-8-22/h4-13,16,19-20,24,35H,14-15,17-18,21H2,1-3H3,(H,34,37)/b12-9+. The molecule has 6 nitrogen and oxygen atoms in total. The monoisotopic (exact) mass is 521 g/mol. The number of piperidine rings is 1. The zero-order chi connectivity index (χ0) is 27.0. The van der Waals surface area contributed by atoms with E-state index in [9.17, 15) is 4.79 Å². The maximum Gasteiger partial charge on any atom is 0.244 e. The molecule has 2 aliphatic rings. The highest BCUT2D eigenvalue weighted by atomic mass is 16.5. The smallest absolute Gasteiger partial charge is 0.244 e. The molecule has 0 atom stereocenters. The van der Waals surface area contributed by atoms with Crippen molar-refractivity contribution in [1.82, 2.24) is 15.2 Å². The van der Waals surface area contributed by atoms with Gasteiger partial charge in [-0.15, -0.1) is 0 Å². The molecule has 4 aromatic rings. The zero-order valence-corrected chi connectivity index (χ0v) is 22.8. The van der Waals surface area contributed by atoms with E-state index in [-0.39, 0.29) is 11.9 Å². The second-order valence-corrected chi connectivity index (χ2v) is 11.1. The van der Waals surface area contributed by atoms with Gasteiger partial charge in [0.2, 0.25) is 5.91 Å². The number of fused-ring (bicyclic) bond motifs is 5. The highest BCUT2D eigenvalue weighted by molar-refractivity contribution is 6.12. The summed E-state index contributed by atoms with van der Waals surface area (Å²) in [5, 5.41) is 5.36. The van der Waals surface area contributed by atoms with E-state index in [0.717, 1.165) is 76.9 Å². The molecule has 1 amide bonds. The molecule has 1 saturated heterocycles. The van der Waals surface area contributed by atoms with Crippen LogP contribution >= 0.6 is 0 Å². The van der Waals surface area contributed by atoms with Crippen LogP contribution in [0.4, 0.5) is 0 Å². The Kier molecular flexibility index (Phi) is 6.65. The van der Waals surface area contributed by atoms with Crippen LogP contribution in [0.2, 0.25) is 0 Å². The van der Waals surface area contributed by atoms with E-state index < -0.39 is 5.60 Å². The lowest BCUT2D eigenvalue weighted by Gasteiger charge is -2.32. The van der Waals surface area contributed by atoms with Crippen LogP contribution in [0.3, 0.4) is 0 Å². The number of nitrogens with zero attached hydrogens (tertiary/aromatic N) is 1. The predicted octanol–water partition coefficient (Wildman–Crippen LogP) is 6.31. The molecule has 0 radical (unpaired) electrons. The fourth-order valence-electron chi connectivity index (χ4n) is 5.64. The average molecular weight is 522 g/mol. The normalized spacial score (nSPS) is 17.4. The van der Waals surface area contributed by atoms with Crippen LogP contribution in [-0.4, -0.2) is 47.6 Å². The summed E-state index contributed by atoms with van der Waals surface area (Å²) in [6.07, 6.45) is 9.62. The summed E-state index contributed by atoms with van der Waals surface area (Å²) in [6.45, 7) is 6.99. The molecule has 39 heavy (non-hydrogen) atoms. The Morgan fingerprint density at radius 3 is 2.69 bits per heavy atom. The molecule has 3 heterocycles. The Morgan fingerprint density at radius 2 is 1.92 bits per heavy atom. The number of benzene rings is 3. The summed E-state index contributed by atoms with van der Waals surface area (Å²) in [5.41, 5.74) is 4.82. The lowest BCUT2D eigenvalue weighted by Crippen LogP contribution is -2.43. The van der Waals surface area contributed by atoms with Gasteiger partial charge in [0.05, 0.1) is 12.6 Å². The van der Waals surface area contributed by atoms with Gasteiger partial charge in [0.1, 0.15) is 17.1 Å². The number of nitrogens with one attached hydrogen (secondary N) is 2. The van der Waals surface area contributed by atoms with Gasteiger partial charge in [0.15, 0.2) is 0 Å². The molecule has 0 spiro atoms. The van der Waals surface area contributed by atoms with E-state index in [2.05, 4.69) is 57.7 Å². The number of aromatic amines is 1. The number of ether oxygens (including phenoxy) is 2. The number of amides is 1. The minimum absolute atomic E-state index is 0.0726. The Hall–Kier alpha value is -4.03. The molecular weight excluding hydrogens is 486 g/mol. The van der Waals surface area contributed by atoms with Crippen molar-refractivity contribution in [3.63, 3.8) is 0 Å². The summed E-state index contributed by atoms with van der Waals surface area (Å²) in [5.74, 6) is 1.52. The van der Waals surface area contributed by atoms with Crippen LogP contribution in [0.5, 0.6) is 11.5 Å². The summed E-state index contributed by atoms with van der Waals surface area (Å²) < 4.78 is 11.9. The average Bonchev–Trinajstić information content (AvgIpc) is 3.30. The quantitative estimate of drug-likeness (QED) is 0.292. The molecule has 1 fully saturated rings. The van der Waals surface area contributed by atoms with Crippen molar-refractivity contribution in [2.45, 2.75) is 44.9 Å². The van der Waals surface area contributed by atoms with Crippen molar-refractivity contribution in [2.24, 2.45) is 0 Å². The molecule has 2 aliphatic heterocycles. The van der Waals surface area contributed by atoms with Gasteiger partial charge in [-0.05, 0) is 74.7 Å². The second kappa shape index (κ2) is 10.3. The van der Waals surface area contributed by atoms with Crippen LogP contribution in [0.1, 0.15) is 43.4 Å². The third-order valence-corrected chi connectivity index (χ3v) is 7.74. The lowest BCUT2D eigenvalue weighted by atomic mass is 9.96. The van der Waals surface area contributed by atoms with Crippen LogP contribution in [0.25, 0.3) is 34.0 Å². The number of H-pyrrole nitrogens is 1. The maximum atomic E-state index is 13.0. The molecule has 0 saturated carbocycles. The molecule has 1 aromatic heterocycles. The molecule has 6 heteroatoms. The van der Waals surface area contributed by atoms with Crippen LogP contribution in [0.15, 0.2) is 66.7 Å². The number of rotatable bonds is 6. The molecular formula is C33H35N3O3. The third-order valence-electron chi connectivity index (χ3n) is 7.74. The first kappa shape index (κ1) is 25.3. The minimum Gasteiger partial charge on any atom is -0.497 e. The van der Waals surface area contributed by atoms with Crippen LogP contribution < -0.4 is 14.8 Å². The predicted molar refractivity (Wildman–Crippen MR) is 158 cm³/mol. The van der Waals surface area contributed by atoms with Gasteiger partial charge >= 0.3 is 0 Å². The largest absolute Gasteiger partial charge is 0.497 e. The SMILES string of the molecule is COc1ccc2[nH]c3c4c(c(/C=C/C(=O)NC5CCN(Cc6ccccc6)CC5)cc3c2c1)OC(C)(C)C=C4. The van der Waals surface area contributed by atoms with E-state index in [1.54, 1.807) is 13.2 Å². The van der Waals surface area contributed by atoms with E-state index in [0.29, 0.717) is 0 Å². The van der Waals surface area contributed by atoms with Gasteiger partial charge in [0.25, 0.3) is 0 Å². The van der Waals surface area contributed by atoms with E-state index >= 15 is 0 Å². The first-order valence-corrected chi connectivity index (χ1v) is 13.7. The number of aromatic nitrogens is 1. The zero-order valence-electron chi connectivity index (χ0n) is 22.8. The molecule has 3 aromatic carbocycles. The van der Waals surface area contributed by atoms with Crippen LogP contribution in [0, 0.1) is 0 Å².